The van der Waals surface area contributed by atoms with E-state index in [-0.39, 0.29) is 0 Å². The minimum Gasteiger partial charge on any atom is -0.316 e. The average molecular weight is 266 g/mol. The highest BCUT2D eigenvalue weighted by molar-refractivity contribution is 4.95. The fraction of sp³-hybridized carbons (Fsp3) is 1.00. The first kappa shape index (κ1) is 15.3. The zero-order valence-electron chi connectivity index (χ0n) is 13.7. The second kappa shape index (κ2) is 6.13. The van der Waals surface area contributed by atoms with Gasteiger partial charge < -0.3 is 5.32 Å². The lowest BCUT2D eigenvalue weighted by Gasteiger charge is -2.45. The lowest BCUT2D eigenvalue weighted by molar-refractivity contribution is 0.0770. The van der Waals surface area contributed by atoms with Crippen molar-refractivity contribution in [3.63, 3.8) is 0 Å². The predicted molar refractivity (Wildman–Crippen MR) is 83.4 cm³/mol. The fourth-order valence-electron chi connectivity index (χ4n) is 4.19. The first-order chi connectivity index (χ1) is 8.94. The van der Waals surface area contributed by atoms with Crippen LogP contribution in [0.2, 0.25) is 0 Å². The van der Waals surface area contributed by atoms with E-state index in [4.69, 9.17) is 0 Å². The Bertz CT molecular complexity index is 281. The van der Waals surface area contributed by atoms with Crippen LogP contribution in [-0.4, -0.2) is 37.1 Å². The van der Waals surface area contributed by atoms with Crippen LogP contribution in [0.15, 0.2) is 0 Å². The summed E-state index contributed by atoms with van der Waals surface area (Å²) in [6.07, 6.45) is 7.08. The van der Waals surface area contributed by atoms with Crippen molar-refractivity contribution in [3.8, 4) is 0 Å². The van der Waals surface area contributed by atoms with Crippen molar-refractivity contribution in [2.75, 3.05) is 20.1 Å². The van der Waals surface area contributed by atoms with Crippen LogP contribution < -0.4 is 5.32 Å². The van der Waals surface area contributed by atoms with E-state index in [1.165, 1.54) is 45.2 Å². The average Bonchev–Trinajstić information content (AvgIpc) is 3.10. The Kier molecular flexibility index (Phi) is 4.94. The Hall–Kier alpha value is -0.0800. The van der Waals surface area contributed by atoms with Gasteiger partial charge in [0.05, 0.1) is 0 Å². The SMILES string of the molecule is CNC1C(CN(CC(C)C)C2CC2)CCCC1(C)C. The third kappa shape index (κ3) is 3.95. The van der Waals surface area contributed by atoms with Gasteiger partial charge in [0.25, 0.3) is 0 Å². The molecule has 2 heteroatoms. The molecule has 0 amide bonds. The van der Waals surface area contributed by atoms with Crippen molar-refractivity contribution in [1.29, 1.82) is 0 Å². The molecule has 2 aliphatic carbocycles. The largest absolute Gasteiger partial charge is 0.316 e. The van der Waals surface area contributed by atoms with Gasteiger partial charge in [-0.05, 0) is 50.0 Å². The lowest BCUT2D eigenvalue weighted by atomic mass is 9.68. The summed E-state index contributed by atoms with van der Waals surface area (Å²) in [6, 6.07) is 1.60. The minimum absolute atomic E-state index is 0.463. The molecule has 0 aliphatic heterocycles. The van der Waals surface area contributed by atoms with Gasteiger partial charge in [0.15, 0.2) is 0 Å². The Labute approximate surface area is 120 Å². The molecule has 0 aromatic carbocycles. The molecule has 2 fully saturated rings. The highest BCUT2D eigenvalue weighted by Crippen LogP contribution is 2.40. The quantitative estimate of drug-likeness (QED) is 0.791. The van der Waals surface area contributed by atoms with Crippen LogP contribution in [0.3, 0.4) is 0 Å². The molecule has 0 aromatic heterocycles. The predicted octanol–water partition coefficient (Wildman–Crippen LogP) is 3.52. The third-order valence-corrected chi connectivity index (χ3v) is 5.15. The molecule has 19 heavy (non-hydrogen) atoms. The lowest BCUT2D eigenvalue weighted by Crippen LogP contribution is -2.52. The van der Waals surface area contributed by atoms with Crippen molar-refractivity contribution in [1.82, 2.24) is 10.2 Å². The maximum absolute atomic E-state index is 3.64. The monoisotopic (exact) mass is 266 g/mol. The van der Waals surface area contributed by atoms with E-state index in [1.54, 1.807) is 0 Å². The Morgan fingerprint density at radius 3 is 2.42 bits per heavy atom. The summed E-state index contributed by atoms with van der Waals surface area (Å²) in [5.41, 5.74) is 0.463. The molecule has 2 rings (SSSR count). The van der Waals surface area contributed by atoms with Gasteiger partial charge in [-0.3, -0.25) is 4.90 Å². The Morgan fingerprint density at radius 1 is 1.21 bits per heavy atom. The smallest absolute Gasteiger partial charge is 0.0156 e. The summed E-state index contributed by atoms with van der Waals surface area (Å²) in [5, 5.41) is 3.64. The molecule has 0 radical (unpaired) electrons. The van der Waals surface area contributed by atoms with Gasteiger partial charge >= 0.3 is 0 Å². The van der Waals surface area contributed by atoms with Crippen LogP contribution in [0.25, 0.3) is 0 Å². The summed E-state index contributed by atoms with van der Waals surface area (Å²) in [6.45, 7) is 12.2. The standard InChI is InChI=1S/C17H34N2/c1-13(2)11-19(15-8-9-15)12-14-7-6-10-17(3,4)16(14)18-5/h13-16,18H,6-12H2,1-5H3. The number of hydrogen-bond acceptors (Lipinski definition) is 2. The van der Waals surface area contributed by atoms with Gasteiger partial charge in [0.2, 0.25) is 0 Å². The van der Waals surface area contributed by atoms with E-state index < -0.39 is 0 Å². The maximum Gasteiger partial charge on any atom is 0.0156 e. The zero-order chi connectivity index (χ0) is 14.0. The van der Waals surface area contributed by atoms with Gasteiger partial charge in [-0.15, -0.1) is 0 Å². The van der Waals surface area contributed by atoms with E-state index in [0.29, 0.717) is 11.5 Å². The molecule has 2 atom stereocenters. The Balaban J connectivity index is 1.98. The number of nitrogens with zero attached hydrogens (tertiary/aromatic N) is 1. The molecule has 0 aromatic rings. The van der Waals surface area contributed by atoms with Crippen LogP contribution >= 0.6 is 0 Å². The molecular formula is C17H34N2. The first-order valence-corrected chi connectivity index (χ1v) is 8.35. The minimum atomic E-state index is 0.463. The molecule has 1 N–H and O–H groups in total. The second-order valence-electron chi connectivity index (χ2n) is 7.99. The third-order valence-electron chi connectivity index (χ3n) is 5.15. The molecule has 2 nitrogen and oxygen atoms in total. The molecule has 2 saturated carbocycles. The van der Waals surface area contributed by atoms with Gasteiger partial charge in [-0.2, -0.15) is 0 Å². The summed E-state index contributed by atoms with van der Waals surface area (Å²) in [4.78, 5) is 2.79. The first-order valence-electron chi connectivity index (χ1n) is 8.35. The molecule has 2 unspecified atom stereocenters. The van der Waals surface area contributed by atoms with Crippen molar-refractivity contribution in [2.45, 2.75) is 71.9 Å². The second-order valence-corrected chi connectivity index (χ2v) is 7.99. The molecule has 0 saturated heterocycles. The molecule has 2 aliphatic rings. The molecule has 0 spiro atoms. The number of rotatable bonds is 6. The number of hydrogen-bond donors (Lipinski definition) is 1. The summed E-state index contributed by atoms with van der Waals surface area (Å²) >= 11 is 0. The van der Waals surface area contributed by atoms with Crippen LogP contribution in [0, 0.1) is 17.3 Å². The van der Waals surface area contributed by atoms with Crippen LogP contribution in [-0.2, 0) is 0 Å². The molecule has 112 valence electrons. The van der Waals surface area contributed by atoms with Gasteiger partial charge in [0, 0.05) is 25.2 Å². The summed E-state index contributed by atoms with van der Waals surface area (Å²) in [5.74, 6) is 1.64. The van der Waals surface area contributed by atoms with Crippen molar-refractivity contribution < 1.29 is 0 Å². The summed E-state index contributed by atoms with van der Waals surface area (Å²) in [7, 11) is 2.16. The fourth-order valence-corrected chi connectivity index (χ4v) is 4.19. The van der Waals surface area contributed by atoms with Crippen molar-refractivity contribution in [3.05, 3.63) is 0 Å². The topological polar surface area (TPSA) is 15.3 Å². The van der Waals surface area contributed by atoms with E-state index >= 15 is 0 Å². The van der Waals surface area contributed by atoms with Gasteiger partial charge in [-0.1, -0.05) is 34.1 Å². The van der Waals surface area contributed by atoms with Crippen LogP contribution in [0.5, 0.6) is 0 Å². The van der Waals surface area contributed by atoms with Gasteiger partial charge in [-0.25, -0.2) is 0 Å². The molecule has 0 bridgehead atoms. The van der Waals surface area contributed by atoms with Crippen LogP contribution in [0.4, 0.5) is 0 Å². The van der Waals surface area contributed by atoms with E-state index in [2.05, 4.69) is 45.0 Å². The number of nitrogens with one attached hydrogen (secondary N) is 1. The van der Waals surface area contributed by atoms with Crippen LogP contribution in [0.1, 0.15) is 59.8 Å². The van der Waals surface area contributed by atoms with E-state index in [0.717, 1.165) is 17.9 Å². The highest BCUT2D eigenvalue weighted by Gasteiger charge is 2.40. The van der Waals surface area contributed by atoms with E-state index in [1.807, 2.05) is 0 Å². The normalized spacial score (nSPS) is 31.1. The highest BCUT2D eigenvalue weighted by atomic mass is 15.2. The van der Waals surface area contributed by atoms with Crippen molar-refractivity contribution >= 4 is 0 Å². The Morgan fingerprint density at radius 2 is 1.89 bits per heavy atom. The summed E-state index contributed by atoms with van der Waals surface area (Å²) < 4.78 is 0. The van der Waals surface area contributed by atoms with E-state index in [9.17, 15) is 0 Å². The molecule has 0 heterocycles. The van der Waals surface area contributed by atoms with Gasteiger partial charge in [0.1, 0.15) is 0 Å². The van der Waals surface area contributed by atoms with Crippen molar-refractivity contribution in [2.24, 2.45) is 17.3 Å². The zero-order valence-corrected chi connectivity index (χ0v) is 13.7. The molecular weight excluding hydrogens is 232 g/mol. The maximum atomic E-state index is 3.64.